The number of benzene rings is 1. The Morgan fingerprint density at radius 1 is 1.18 bits per heavy atom. The molecule has 2 aliphatic rings. The van der Waals surface area contributed by atoms with Crippen LogP contribution < -0.4 is 10.5 Å². The van der Waals surface area contributed by atoms with E-state index in [4.69, 9.17) is 15.2 Å². The molecule has 2 fully saturated rings. The zero-order chi connectivity index (χ0) is 19.2. The molecular formula is C21H28N4O2S. The van der Waals surface area contributed by atoms with Crippen molar-refractivity contribution in [3.63, 3.8) is 0 Å². The normalized spacial score (nSPS) is 23.8. The standard InChI is InChI=1S/C21H28N4O2S/c22-14-17-6-7-23-21(12-17)27-16-20-13-19(18-4-2-1-3-5-18)15-25(20)28-24-8-10-26-11-9-24/h1-7,12,19-20H,8-11,13-16,22H2. The van der Waals surface area contributed by atoms with E-state index in [0.29, 0.717) is 31.0 Å². The van der Waals surface area contributed by atoms with E-state index in [9.17, 15) is 0 Å². The van der Waals surface area contributed by atoms with Gasteiger partial charge in [0.25, 0.3) is 0 Å². The summed E-state index contributed by atoms with van der Waals surface area (Å²) in [4.78, 5) is 4.34. The van der Waals surface area contributed by atoms with Crippen LogP contribution in [0.5, 0.6) is 5.88 Å². The fraction of sp³-hybridized carbons (Fsp3) is 0.476. The van der Waals surface area contributed by atoms with Gasteiger partial charge in [-0.05, 0) is 29.5 Å². The zero-order valence-corrected chi connectivity index (χ0v) is 16.9. The lowest BCUT2D eigenvalue weighted by Crippen LogP contribution is -2.38. The Morgan fingerprint density at radius 2 is 2.00 bits per heavy atom. The molecule has 0 amide bonds. The van der Waals surface area contributed by atoms with Gasteiger partial charge in [0.05, 0.1) is 19.3 Å². The van der Waals surface area contributed by atoms with Gasteiger partial charge in [-0.1, -0.05) is 30.3 Å². The van der Waals surface area contributed by atoms with Gasteiger partial charge in [-0.3, -0.25) is 0 Å². The molecule has 2 unspecified atom stereocenters. The van der Waals surface area contributed by atoms with Crippen LogP contribution in [0.3, 0.4) is 0 Å². The van der Waals surface area contributed by atoms with Gasteiger partial charge in [-0.2, -0.15) is 0 Å². The molecule has 2 saturated heterocycles. The van der Waals surface area contributed by atoms with Crippen molar-refractivity contribution in [3.8, 4) is 5.88 Å². The Bertz CT molecular complexity index is 742. The second-order valence-corrected chi connectivity index (χ2v) is 8.39. The molecule has 2 aromatic rings. The molecule has 2 aliphatic heterocycles. The lowest BCUT2D eigenvalue weighted by molar-refractivity contribution is 0.0753. The van der Waals surface area contributed by atoms with Gasteiger partial charge in [-0.25, -0.2) is 13.6 Å². The Labute approximate surface area is 171 Å². The molecule has 0 saturated carbocycles. The van der Waals surface area contributed by atoms with Crippen LogP contribution in [-0.4, -0.2) is 59.1 Å². The molecule has 28 heavy (non-hydrogen) atoms. The maximum absolute atomic E-state index is 6.07. The second-order valence-electron chi connectivity index (χ2n) is 7.24. The second kappa shape index (κ2) is 9.71. The van der Waals surface area contributed by atoms with Crippen LogP contribution in [-0.2, 0) is 11.3 Å². The van der Waals surface area contributed by atoms with E-state index in [1.807, 2.05) is 24.3 Å². The molecule has 0 spiro atoms. The number of hydrogen-bond donors (Lipinski definition) is 1. The molecule has 0 radical (unpaired) electrons. The highest BCUT2D eigenvalue weighted by Gasteiger charge is 2.35. The molecule has 0 aliphatic carbocycles. The molecule has 4 rings (SSSR count). The maximum Gasteiger partial charge on any atom is 0.213 e. The minimum atomic E-state index is 0.335. The number of aromatic nitrogens is 1. The van der Waals surface area contributed by atoms with Gasteiger partial charge in [0.2, 0.25) is 5.88 Å². The van der Waals surface area contributed by atoms with Gasteiger partial charge in [0, 0.05) is 50.6 Å². The topological polar surface area (TPSA) is 63.9 Å². The predicted octanol–water partition coefficient (Wildman–Crippen LogP) is 2.67. The van der Waals surface area contributed by atoms with Crippen molar-refractivity contribution in [1.82, 2.24) is 13.6 Å². The highest BCUT2D eigenvalue weighted by atomic mass is 32.2. The number of ether oxygens (including phenoxy) is 2. The smallest absolute Gasteiger partial charge is 0.213 e. The molecule has 1 aromatic heterocycles. The molecular weight excluding hydrogens is 372 g/mol. The summed E-state index contributed by atoms with van der Waals surface area (Å²) in [6.45, 7) is 5.69. The van der Waals surface area contributed by atoms with E-state index in [2.05, 4.69) is 43.9 Å². The van der Waals surface area contributed by atoms with Crippen LogP contribution in [0.25, 0.3) is 0 Å². The minimum Gasteiger partial charge on any atom is -0.476 e. The van der Waals surface area contributed by atoms with E-state index in [1.54, 1.807) is 6.20 Å². The van der Waals surface area contributed by atoms with E-state index < -0.39 is 0 Å². The molecule has 6 nitrogen and oxygen atoms in total. The summed E-state index contributed by atoms with van der Waals surface area (Å²) in [5.41, 5.74) is 8.18. The Balaban J connectivity index is 1.43. The number of nitrogens with two attached hydrogens (primary N) is 1. The first-order valence-electron chi connectivity index (χ1n) is 9.92. The fourth-order valence-electron chi connectivity index (χ4n) is 3.72. The van der Waals surface area contributed by atoms with E-state index in [-0.39, 0.29) is 0 Å². The molecule has 0 bridgehead atoms. The van der Waals surface area contributed by atoms with Crippen LogP contribution in [0.4, 0.5) is 0 Å². The minimum absolute atomic E-state index is 0.335. The molecule has 1 aromatic carbocycles. The number of hydrogen-bond acceptors (Lipinski definition) is 7. The lowest BCUT2D eigenvalue weighted by Gasteiger charge is -2.31. The molecule has 2 N–H and O–H groups in total. The third-order valence-electron chi connectivity index (χ3n) is 5.28. The van der Waals surface area contributed by atoms with Gasteiger partial charge in [0.15, 0.2) is 0 Å². The number of nitrogens with zero attached hydrogens (tertiary/aromatic N) is 3. The highest BCUT2D eigenvalue weighted by molar-refractivity contribution is 7.94. The fourth-order valence-corrected chi connectivity index (χ4v) is 4.86. The summed E-state index contributed by atoms with van der Waals surface area (Å²) >= 11 is 1.84. The van der Waals surface area contributed by atoms with E-state index in [0.717, 1.165) is 44.8 Å². The Kier molecular flexibility index (Phi) is 6.82. The van der Waals surface area contributed by atoms with Crippen LogP contribution in [0, 0.1) is 0 Å². The highest BCUT2D eigenvalue weighted by Crippen LogP contribution is 2.37. The summed E-state index contributed by atoms with van der Waals surface area (Å²) in [6.07, 6.45) is 2.84. The lowest BCUT2D eigenvalue weighted by atomic mass is 9.97. The summed E-state index contributed by atoms with van der Waals surface area (Å²) in [7, 11) is 0. The molecule has 3 heterocycles. The summed E-state index contributed by atoms with van der Waals surface area (Å²) in [5.74, 6) is 1.18. The zero-order valence-electron chi connectivity index (χ0n) is 16.1. The van der Waals surface area contributed by atoms with Gasteiger partial charge < -0.3 is 15.2 Å². The molecule has 2 atom stereocenters. The predicted molar refractivity (Wildman–Crippen MR) is 112 cm³/mol. The molecule has 150 valence electrons. The van der Waals surface area contributed by atoms with Gasteiger partial charge in [0.1, 0.15) is 6.61 Å². The third kappa shape index (κ3) is 5.04. The van der Waals surface area contributed by atoms with Crippen molar-refractivity contribution in [3.05, 3.63) is 59.8 Å². The van der Waals surface area contributed by atoms with Crippen molar-refractivity contribution >= 4 is 12.1 Å². The third-order valence-corrected chi connectivity index (χ3v) is 6.54. The Hall–Kier alpha value is -1.64. The van der Waals surface area contributed by atoms with Crippen LogP contribution in [0.2, 0.25) is 0 Å². The Morgan fingerprint density at radius 3 is 2.79 bits per heavy atom. The van der Waals surface area contributed by atoms with Crippen molar-refractivity contribution in [2.24, 2.45) is 5.73 Å². The summed E-state index contributed by atoms with van der Waals surface area (Å²) in [5, 5.41) is 0. The average Bonchev–Trinajstić information content (AvgIpc) is 3.16. The maximum atomic E-state index is 6.07. The first-order chi connectivity index (χ1) is 13.8. The largest absolute Gasteiger partial charge is 0.476 e. The number of pyridine rings is 1. The van der Waals surface area contributed by atoms with Crippen molar-refractivity contribution in [2.45, 2.75) is 24.9 Å². The first kappa shape index (κ1) is 19.7. The van der Waals surface area contributed by atoms with Crippen molar-refractivity contribution < 1.29 is 9.47 Å². The van der Waals surface area contributed by atoms with Gasteiger partial charge in [-0.15, -0.1) is 0 Å². The van der Waals surface area contributed by atoms with Crippen LogP contribution >= 0.6 is 12.1 Å². The van der Waals surface area contributed by atoms with Crippen molar-refractivity contribution in [2.75, 3.05) is 39.5 Å². The number of morpholine rings is 1. The van der Waals surface area contributed by atoms with Gasteiger partial charge >= 0.3 is 0 Å². The van der Waals surface area contributed by atoms with E-state index >= 15 is 0 Å². The quantitative estimate of drug-likeness (QED) is 0.717. The van der Waals surface area contributed by atoms with Crippen LogP contribution in [0.15, 0.2) is 48.7 Å². The summed E-state index contributed by atoms with van der Waals surface area (Å²) in [6, 6.07) is 15.0. The monoisotopic (exact) mass is 400 g/mol. The SMILES string of the molecule is NCc1ccnc(OCC2CC(c3ccccc3)CN2SN2CCOCC2)c1. The molecule has 7 heteroatoms. The van der Waals surface area contributed by atoms with Crippen LogP contribution in [0.1, 0.15) is 23.5 Å². The van der Waals surface area contributed by atoms with E-state index in [1.165, 1.54) is 5.56 Å². The average molecular weight is 401 g/mol. The summed E-state index contributed by atoms with van der Waals surface area (Å²) < 4.78 is 16.4. The first-order valence-corrected chi connectivity index (χ1v) is 10.6. The number of rotatable bonds is 7. The van der Waals surface area contributed by atoms with Crippen molar-refractivity contribution in [1.29, 1.82) is 0 Å².